The van der Waals surface area contributed by atoms with Gasteiger partial charge in [-0.25, -0.2) is 0 Å². The highest BCUT2D eigenvalue weighted by Gasteiger charge is 2.15. The molecule has 0 bridgehead atoms. The van der Waals surface area contributed by atoms with E-state index in [1.54, 1.807) is 6.92 Å². The summed E-state index contributed by atoms with van der Waals surface area (Å²) in [4.78, 5) is 12.1. The molecule has 0 fully saturated rings. The molecule has 0 unspecified atom stereocenters. The number of carbonyl (C=O) groups excluding carboxylic acids is 1. The number of benzene rings is 2. The number of rotatable bonds is 8. The van der Waals surface area contributed by atoms with Crippen LogP contribution in [0.3, 0.4) is 0 Å². The Bertz CT molecular complexity index is 655. The van der Waals surface area contributed by atoms with Crippen molar-refractivity contribution in [3.8, 4) is 5.75 Å². The number of nitrogens with one attached hydrogen (secondary N) is 1. The molecule has 2 aromatic carbocycles. The highest BCUT2D eigenvalue weighted by molar-refractivity contribution is 5.80. The number of hydrogen-bond acceptors (Lipinski definition) is 3. The van der Waals surface area contributed by atoms with E-state index in [9.17, 15) is 4.79 Å². The quantitative estimate of drug-likeness (QED) is 0.756. The van der Waals surface area contributed by atoms with E-state index in [-0.39, 0.29) is 5.91 Å². The number of carbonyl (C=O) groups is 1. The number of aryl methyl sites for hydroxylation is 2. The number of hydrogen-bond donors (Lipinski definition) is 1. The summed E-state index contributed by atoms with van der Waals surface area (Å²) in [6.07, 6.45) is -0.541. The van der Waals surface area contributed by atoms with Crippen LogP contribution in [0.1, 0.15) is 23.6 Å². The van der Waals surface area contributed by atoms with Gasteiger partial charge in [-0.1, -0.05) is 48.0 Å². The SMILES string of the molecule is Cc1ccc(O[C@H](C)C(=O)NCCOCc2ccccc2)c(C)c1. The van der Waals surface area contributed by atoms with Crippen molar-refractivity contribution >= 4 is 5.91 Å². The molecule has 0 aliphatic heterocycles. The van der Waals surface area contributed by atoms with Gasteiger partial charge in [-0.2, -0.15) is 0 Å². The monoisotopic (exact) mass is 327 g/mol. The average Bonchev–Trinajstić information content (AvgIpc) is 2.57. The lowest BCUT2D eigenvalue weighted by molar-refractivity contribution is -0.127. The molecular formula is C20H25NO3. The Hall–Kier alpha value is -2.33. The summed E-state index contributed by atoms with van der Waals surface area (Å²) in [5.74, 6) is 0.599. The van der Waals surface area contributed by atoms with Crippen molar-refractivity contribution in [2.45, 2.75) is 33.5 Å². The molecule has 0 heterocycles. The number of amides is 1. The molecule has 2 aromatic rings. The first-order chi connectivity index (χ1) is 11.6. The molecule has 0 radical (unpaired) electrons. The summed E-state index contributed by atoms with van der Waals surface area (Å²) in [6.45, 7) is 7.24. The van der Waals surface area contributed by atoms with E-state index in [1.807, 2.05) is 62.4 Å². The Labute approximate surface area is 143 Å². The van der Waals surface area contributed by atoms with Gasteiger partial charge in [0.2, 0.25) is 0 Å². The van der Waals surface area contributed by atoms with Crippen molar-refractivity contribution in [1.29, 1.82) is 0 Å². The van der Waals surface area contributed by atoms with Crippen LogP contribution in [-0.2, 0) is 16.1 Å². The first kappa shape index (κ1) is 18.0. The van der Waals surface area contributed by atoms with Gasteiger partial charge in [0.1, 0.15) is 5.75 Å². The topological polar surface area (TPSA) is 47.6 Å². The highest BCUT2D eigenvalue weighted by Crippen LogP contribution is 2.20. The fourth-order valence-corrected chi connectivity index (χ4v) is 2.33. The van der Waals surface area contributed by atoms with Gasteiger partial charge in [-0.05, 0) is 38.0 Å². The summed E-state index contributed by atoms with van der Waals surface area (Å²) in [7, 11) is 0. The van der Waals surface area contributed by atoms with Gasteiger partial charge >= 0.3 is 0 Å². The van der Waals surface area contributed by atoms with Crippen molar-refractivity contribution in [1.82, 2.24) is 5.32 Å². The Kier molecular flexibility index (Phi) is 6.82. The van der Waals surface area contributed by atoms with Crippen LogP contribution in [0.4, 0.5) is 0 Å². The van der Waals surface area contributed by atoms with E-state index in [0.717, 1.165) is 16.9 Å². The van der Waals surface area contributed by atoms with Gasteiger partial charge in [-0.3, -0.25) is 4.79 Å². The zero-order valence-electron chi connectivity index (χ0n) is 14.5. The smallest absolute Gasteiger partial charge is 0.260 e. The van der Waals surface area contributed by atoms with E-state index < -0.39 is 6.10 Å². The van der Waals surface area contributed by atoms with Crippen LogP contribution in [0.2, 0.25) is 0 Å². The third kappa shape index (κ3) is 5.70. The van der Waals surface area contributed by atoms with Gasteiger partial charge in [0.05, 0.1) is 13.2 Å². The van der Waals surface area contributed by atoms with Crippen molar-refractivity contribution in [2.24, 2.45) is 0 Å². The van der Waals surface area contributed by atoms with Crippen molar-refractivity contribution in [3.05, 3.63) is 65.2 Å². The lowest BCUT2D eigenvalue weighted by Gasteiger charge is -2.16. The van der Waals surface area contributed by atoms with Crippen LogP contribution < -0.4 is 10.1 Å². The van der Waals surface area contributed by atoms with E-state index in [1.165, 1.54) is 5.56 Å². The fraction of sp³-hybridized carbons (Fsp3) is 0.350. The summed E-state index contributed by atoms with van der Waals surface area (Å²) < 4.78 is 11.3. The molecule has 2 rings (SSSR count). The minimum Gasteiger partial charge on any atom is -0.481 e. The van der Waals surface area contributed by atoms with E-state index in [2.05, 4.69) is 5.32 Å². The maximum absolute atomic E-state index is 12.1. The first-order valence-electron chi connectivity index (χ1n) is 8.19. The van der Waals surface area contributed by atoms with Crippen LogP contribution in [0.25, 0.3) is 0 Å². The molecule has 0 aliphatic carbocycles. The first-order valence-corrected chi connectivity index (χ1v) is 8.19. The van der Waals surface area contributed by atoms with E-state index in [0.29, 0.717) is 19.8 Å². The van der Waals surface area contributed by atoms with Crippen molar-refractivity contribution in [3.63, 3.8) is 0 Å². The molecule has 128 valence electrons. The summed E-state index contributed by atoms with van der Waals surface area (Å²) >= 11 is 0. The molecule has 1 N–H and O–H groups in total. The molecule has 4 heteroatoms. The standard InChI is InChI=1S/C20H25NO3/c1-15-9-10-19(16(2)13-15)24-17(3)20(22)21-11-12-23-14-18-7-5-4-6-8-18/h4-10,13,17H,11-12,14H2,1-3H3,(H,21,22)/t17-/m1/s1. The Morgan fingerprint density at radius 3 is 2.58 bits per heavy atom. The van der Waals surface area contributed by atoms with Gasteiger partial charge in [-0.15, -0.1) is 0 Å². The molecule has 0 spiro atoms. The minimum absolute atomic E-state index is 0.140. The zero-order chi connectivity index (χ0) is 17.4. The molecule has 1 amide bonds. The third-order valence-corrected chi connectivity index (χ3v) is 3.66. The normalized spacial score (nSPS) is 11.8. The van der Waals surface area contributed by atoms with Crippen molar-refractivity contribution < 1.29 is 14.3 Å². The van der Waals surface area contributed by atoms with Crippen LogP contribution in [0.5, 0.6) is 5.75 Å². The van der Waals surface area contributed by atoms with E-state index >= 15 is 0 Å². The molecule has 0 aliphatic rings. The highest BCUT2D eigenvalue weighted by atomic mass is 16.5. The second kappa shape index (κ2) is 9.08. The summed E-state index contributed by atoms with van der Waals surface area (Å²) in [5.41, 5.74) is 3.32. The molecule has 4 nitrogen and oxygen atoms in total. The molecule has 1 atom stereocenters. The maximum atomic E-state index is 12.1. The van der Waals surface area contributed by atoms with Crippen LogP contribution >= 0.6 is 0 Å². The van der Waals surface area contributed by atoms with Crippen LogP contribution in [-0.4, -0.2) is 25.2 Å². The van der Waals surface area contributed by atoms with Gasteiger partial charge < -0.3 is 14.8 Å². The Balaban J connectivity index is 1.68. The molecular weight excluding hydrogens is 302 g/mol. The van der Waals surface area contributed by atoms with Gasteiger partial charge in [0.25, 0.3) is 5.91 Å². The lowest BCUT2D eigenvalue weighted by Crippen LogP contribution is -2.38. The van der Waals surface area contributed by atoms with E-state index in [4.69, 9.17) is 9.47 Å². The van der Waals surface area contributed by atoms with Gasteiger partial charge in [0.15, 0.2) is 6.10 Å². The van der Waals surface area contributed by atoms with Crippen LogP contribution in [0.15, 0.2) is 48.5 Å². The summed E-state index contributed by atoms with van der Waals surface area (Å²) in [6, 6.07) is 15.9. The fourth-order valence-electron chi connectivity index (χ4n) is 2.33. The second-order valence-electron chi connectivity index (χ2n) is 5.86. The Morgan fingerprint density at radius 2 is 1.88 bits per heavy atom. The summed E-state index contributed by atoms with van der Waals surface area (Å²) in [5, 5.41) is 2.83. The van der Waals surface area contributed by atoms with Gasteiger partial charge in [0, 0.05) is 6.54 Å². The molecule has 24 heavy (non-hydrogen) atoms. The van der Waals surface area contributed by atoms with Crippen molar-refractivity contribution in [2.75, 3.05) is 13.2 Å². The molecule has 0 saturated heterocycles. The second-order valence-corrected chi connectivity index (χ2v) is 5.86. The Morgan fingerprint density at radius 1 is 1.12 bits per heavy atom. The molecule has 0 saturated carbocycles. The van der Waals surface area contributed by atoms with Crippen LogP contribution in [0, 0.1) is 13.8 Å². The lowest BCUT2D eigenvalue weighted by atomic mass is 10.1. The average molecular weight is 327 g/mol. The third-order valence-electron chi connectivity index (χ3n) is 3.66. The largest absolute Gasteiger partial charge is 0.481 e. The molecule has 0 aromatic heterocycles. The maximum Gasteiger partial charge on any atom is 0.260 e. The zero-order valence-corrected chi connectivity index (χ0v) is 14.5. The number of ether oxygens (including phenoxy) is 2. The predicted octanol–water partition coefficient (Wildman–Crippen LogP) is 3.40. The minimum atomic E-state index is -0.541. The predicted molar refractivity (Wildman–Crippen MR) is 95.1 cm³/mol.